The number of aliphatic hydroxyl groups is 1. The molecule has 4 nitrogen and oxygen atoms in total. The third kappa shape index (κ3) is 3.56. The topological polar surface area (TPSA) is 47.9 Å². The first kappa shape index (κ1) is 17.9. The van der Waals surface area contributed by atoms with Crippen molar-refractivity contribution in [2.45, 2.75) is 84.4 Å². The fraction of sp³-hybridized carbons (Fsp3) is 0.889. The first-order valence-electron chi connectivity index (χ1n) is 8.50. The van der Waals surface area contributed by atoms with Gasteiger partial charge in [0.05, 0.1) is 6.10 Å². The largest absolute Gasteiger partial charge is 0.393 e. The van der Waals surface area contributed by atoms with Crippen LogP contribution in [0.25, 0.3) is 0 Å². The average molecular weight is 312 g/mol. The molecule has 1 saturated carbocycles. The molecular formula is C18H32O4. The van der Waals surface area contributed by atoms with Gasteiger partial charge in [-0.15, -0.1) is 6.58 Å². The second kappa shape index (κ2) is 6.23. The predicted octanol–water partition coefficient (Wildman–Crippen LogP) is 4.19. The standard InChI is InChI=1S/C18H32O4/c1-7-9-13(8-2)17(6)20-18(22-21-17)11-14(16(3,4)5)10-15(19)12-18/h7,13-15,19H,1,8-12H2,2-6H3/t13?,14-,15-,17?,18?/m0/s1. The van der Waals surface area contributed by atoms with Crippen LogP contribution >= 0.6 is 0 Å². The molecule has 0 aromatic heterocycles. The predicted molar refractivity (Wildman–Crippen MR) is 85.8 cm³/mol. The highest BCUT2D eigenvalue weighted by Crippen LogP contribution is 2.51. The van der Waals surface area contributed by atoms with E-state index in [2.05, 4.69) is 34.3 Å². The molecule has 0 bridgehead atoms. The van der Waals surface area contributed by atoms with Gasteiger partial charge in [0.2, 0.25) is 11.6 Å². The van der Waals surface area contributed by atoms with E-state index in [0.717, 1.165) is 25.7 Å². The molecule has 0 radical (unpaired) electrons. The number of hydrogen-bond acceptors (Lipinski definition) is 4. The van der Waals surface area contributed by atoms with E-state index >= 15 is 0 Å². The van der Waals surface area contributed by atoms with E-state index in [4.69, 9.17) is 14.5 Å². The molecule has 1 aliphatic carbocycles. The molecular weight excluding hydrogens is 280 g/mol. The van der Waals surface area contributed by atoms with Crippen LogP contribution in [0.3, 0.4) is 0 Å². The van der Waals surface area contributed by atoms with Gasteiger partial charge >= 0.3 is 0 Å². The lowest BCUT2D eigenvalue weighted by atomic mass is 9.69. The van der Waals surface area contributed by atoms with Gasteiger partial charge in [-0.05, 0) is 37.5 Å². The number of hydrogen-bond donors (Lipinski definition) is 1. The zero-order chi connectivity index (χ0) is 16.6. The highest BCUT2D eigenvalue weighted by atomic mass is 17.3. The maximum Gasteiger partial charge on any atom is 0.207 e. The summed E-state index contributed by atoms with van der Waals surface area (Å²) < 4.78 is 6.33. The lowest BCUT2D eigenvalue weighted by Gasteiger charge is -2.43. The van der Waals surface area contributed by atoms with E-state index in [9.17, 15) is 5.11 Å². The molecule has 2 aliphatic rings. The fourth-order valence-electron chi connectivity index (χ4n) is 3.79. The van der Waals surface area contributed by atoms with Crippen molar-refractivity contribution in [1.82, 2.24) is 0 Å². The van der Waals surface area contributed by atoms with Crippen LogP contribution in [0, 0.1) is 17.3 Å². The lowest BCUT2D eigenvalue weighted by Crippen LogP contribution is -2.48. The smallest absolute Gasteiger partial charge is 0.207 e. The molecule has 1 spiro atoms. The number of ether oxygens (including phenoxy) is 1. The molecule has 22 heavy (non-hydrogen) atoms. The Labute approximate surface area is 134 Å². The summed E-state index contributed by atoms with van der Waals surface area (Å²) in [5.41, 5.74) is 0.103. The lowest BCUT2D eigenvalue weighted by molar-refractivity contribution is -0.364. The van der Waals surface area contributed by atoms with Gasteiger partial charge in [-0.2, -0.15) is 9.78 Å². The zero-order valence-electron chi connectivity index (χ0n) is 14.7. The van der Waals surface area contributed by atoms with E-state index in [1.165, 1.54) is 0 Å². The van der Waals surface area contributed by atoms with Gasteiger partial charge in [0.1, 0.15) is 0 Å². The molecule has 1 N–H and O–H groups in total. The van der Waals surface area contributed by atoms with Gasteiger partial charge in [-0.3, -0.25) is 0 Å². The van der Waals surface area contributed by atoms with Gasteiger partial charge in [-0.1, -0.05) is 33.8 Å². The van der Waals surface area contributed by atoms with Crippen molar-refractivity contribution >= 4 is 0 Å². The molecule has 128 valence electrons. The Balaban J connectivity index is 2.16. The second-order valence-corrected chi connectivity index (χ2v) is 8.19. The Morgan fingerprint density at radius 1 is 1.32 bits per heavy atom. The van der Waals surface area contributed by atoms with Crippen LogP contribution in [0.1, 0.15) is 66.7 Å². The minimum absolute atomic E-state index is 0.103. The van der Waals surface area contributed by atoms with Gasteiger partial charge < -0.3 is 9.84 Å². The van der Waals surface area contributed by atoms with Crippen LogP contribution in [0.4, 0.5) is 0 Å². The Kier molecular flexibility index (Phi) is 5.08. The Morgan fingerprint density at radius 3 is 2.55 bits per heavy atom. The Hall–Kier alpha value is -0.420. The Bertz CT molecular complexity index is 402. The molecule has 4 heteroatoms. The van der Waals surface area contributed by atoms with Gasteiger partial charge in [0.15, 0.2) is 0 Å². The number of allylic oxidation sites excluding steroid dienone is 1. The van der Waals surface area contributed by atoms with Gasteiger partial charge in [0.25, 0.3) is 0 Å². The molecule has 0 aromatic carbocycles. The van der Waals surface area contributed by atoms with Crippen LogP contribution in [0.5, 0.6) is 0 Å². The number of aliphatic hydroxyl groups excluding tert-OH is 1. The second-order valence-electron chi connectivity index (χ2n) is 8.19. The van der Waals surface area contributed by atoms with Crippen LogP contribution in [-0.4, -0.2) is 22.8 Å². The number of rotatable bonds is 4. The summed E-state index contributed by atoms with van der Waals surface area (Å²) in [7, 11) is 0. The monoisotopic (exact) mass is 312 g/mol. The van der Waals surface area contributed by atoms with E-state index in [1.807, 2.05) is 13.0 Å². The first-order valence-corrected chi connectivity index (χ1v) is 8.50. The highest BCUT2D eigenvalue weighted by Gasteiger charge is 2.57. The minimum Gasteiger partial charge on any atom is -0.393 e. The maximum absolute atomic E-state index is 10.3. The highest BCUT2D eigenvalue weighted by molar-refractivity contribution is 4.94. The van der Waals surface area contributed by atoms with Crippen molar-refractivity contribution in [1.29, 1.82) is 0 Å². The van der Waals surface area contributed by atoms with Crippen LogP contribution in [-0.2, 0) is 14.5 Å². The van der Waals surface area contributed by atoms with E-state index in [-0.39, 0.29) is 11.3 Å². The first-order chi connectivity index (χ1) is 10.1. The molecule has 0 aromatic rings. The molecule has 1 aliphatic heterocycles. The molecule has 1 saturated heterocycles. The van der Waals surface area contributed by atoms with Crippen molar-refractivity contribution in [3.63, 3.8) is 0 Å². The molecule has 0 amide bonds. The summed E-state index contributed by atoms with van der Waals surface area (Å²) in [6.45, 7) is 14.5. The minimum atomic E-state index is -0.820. The van der Waals surface area contributed by atoms with E-state index < -0.39 is 17.7 Å². The Morgan fingerprint density at radius 2 is 2.00 bits per heavy atom. The zero-order valence-corrected chi connectivity index (χ0v) is 14.7. The average Bonchev–Trinajstić information content (AvgIpc) is 2.72. The molecule has 2 rings (SSSR count). The summed E-state index contributed by atoms with van der Waals surface area (Å²) in [5, 5.41) is 10.3. The molecule has 2 fully saturated rings. The molecule has 3 unspecified atom stereocenters. The summed E-state index contributed by atoms with van der Waals surface area (Å²) in [6.07, 6.45) is 5.24. The van der Waals surface area contributed by atoms with E-state index in [0.29, 0.717) is 12.3 Å². The summed E-state index contributed by atoms with van der Waals surface area (Å²) in [5.74, 6) is -1.07. The fourth-order valence-corrected chi connectivity index (χ4v) is 3.79. The third-order valence-electron chi connectivity index (χ3n) is 5.32. The van der Waals surface area contributed by atoms with Crippen molar-refractivity contribution in [2.24, 2.45) is 17.3 Å². The van der Waals surface area contributed by atoms with Crippen molar-refractivity contribution < 1.29 is 19.6 Å². The third-order valence-corrected chi connectivity index (χ3v) is 5.32. The van der Waals surface area contributed by atoms with Gasteiger partial charge in [-0.25, -0.2) is 0 Å². The maximum atomic E-state index is 10.3. The summed E-state index contributed by atoms with van der Waals surface area (Å²) in [6, 6.07) is 0. The van der Waals surface area contributed by atoms with Crippen molar-refractivity contribution in [3.8, 4) is 0 Å². The van der Waals surface area contributed by atoms with Gasteiger partial charge in [0, 0.05) is 18.8 Å². The van der Waals surface area contributed by atoms with Crippen LogP contribution in [0.2, 0.25) is 0 Å². The normalized spacial score (nSPS) is 40.8. The molecule has 5 atom stereocenters. The summed E-state index contributed by atoms with van der Waals surface area (Å²) >= 11 is 0. The van der Waals surface area contributed by atoms with Crippen molar-refractivity contribution in [3.05, 3.63) is 12.7 Å². The molecule has 1 heterocycles. The quantitative estimate of drug-likeness (QED) is 0.625. The van der Waals surface area contributed by atoms with Crippen LogP contribution in [0.15, 0.2) is 12.7 Å². The van der Waals surface area contributed by atoms with Crippen LogP contribution < -0.4 is 0 Å². The SMILES string of the molecule is C=CCC(CC)C1(C)OOC2(C[C@@H](O)C[C@H](C(C)(C)C)C2)O1. The van der Waals surface area contributed by atoms with Crippen molar-refractivity contribution in [2.75, 3.05) is 0 Å². The summed E-state index contributed by atoms with van der Waals surface area (Å²) in [4.78, 5) is 11.4. The van der Waals surface area contributed by atoms with E-state index in [1.54, 1.807) is 0 Å².